The van der Waals surface area contributed by atoms with Crippen LogP contribution in [0.5, 0.6) is 0 Å². The Labute approximate surface area is 72.7 Å². The largest absolute Gasteiger partial charge is 0.505 e. The van der Waals surface area contributed by atoms with Crippen molar-refractivity contribution in [1.29, 1.82) is 0 Å². The molecule has 7 nitrogen and oxygen atoms in total. The molecule has 7 heteroatoms. The van der Waals surface area contributed by atoms with Gasteiger partial charge in [0.2, 0.25) is 5.76 Å². The summed E-state index contributed by atoms with van der Waals surface area (Å²) in [7, 11) is 0. The lowest BCUT2D eigenvalue weighted by Gasteiger charge is -2.18. The van der Waals surface area contributed by atoms with E-state index >= 15 is 0 Å². The van der Waals surface area contributed by atoms with Crippen molar-refractivity contribution in [2.75, 3.05) is 0 Å². The molecule has 1 unspecified atom stereocenters. The summed E-state index contributed by atoms with van der Waals surface area (Å²) in [6, 6.07) is 0. The number of carbonyl (C=O) groups is 1. The minimum absolute atomic E-state index is 0.831. The van der Waals surface area contributed by atoms with Crippen LogP contribution in [0.15, 0.2) is 11.5 Å². The summed E-state index contributed by atoms with van der Waals surface area (Å²) in [5.74, 6) is -2.98. The van der Waals surface area contributed by atoms with E-state index in [-0.39, 0.29) is 0 Å². The molecule has 6 N–H and O–H groups in total. The highest BCUT2D eigenvalue weighted by molar-refractivity contribution is 5.89. The number of aliphatic hydroxyl groups is 4. The molecule has 0 aromatic carbocycles. The third-order valence-corrected chi connectivity index (χ3v) is 1.60. The highest BCUT2D eigenvalue weighted by atomic mass is 16.6. The van der Waals surface area contributed by atoms with E-state index in [2.05, 4.69) is 4.74 Å². The average Bonchev–Trinajstić information content (AvgIpc) is 2.31. The summed E-state index contributed by atoms with van der Waals surface area (Å²) >= 11 is 0. The Hall–Kier alpha value is -1.31. The molecule has 0 spiro atoms. The molecule has 0 radical (unpaired) electrons. The van der Waals surface area contributed by atoms with Gasteiger partial charge in [-0.1, -0.05) is 0 Å². The minimum Gasteiger partial charge on any atom is -0.505 e. The Bertz CT molecular complexity index is 260. The zero-order valence-corrected chi connectivity index (χ0v) is 6.41. The maximum Gasteiger partial charge on any atom is 0.377 e. The second-order valence-electron chi connectivity index (χ2n) is 2.54. The van der Waals surface area contributed by atoms with Gasteiger partial charge in [-0.2, -0.15) is 0 Å². The molecule has 0 saturated heterocycles. The number of carbonyl (C=O) groups excluding carboxylic acids is 1. The van der Waals surface area contributed by atoms with Gasteiger partial charge in [0.05, 0.1) is 0 Å². The molecule has 1 rings (SSSR count). The first kappa shape index (κ1) is 9.78. The molecule has 0 bridgehead atoms. The fourth-order valence-corrected chi connectivity index (χ4v) is 0.877. The van der Waals surface area contributed by atoms with Gasteiger partial charge in [-0.05, 0) is 0 Å². The van der Waals surface area contributed by atoms with E-state index in [0.717, 1.165) is 0 Å². The van der Waals surface area contributed by atoms with Crippen LogP contribution in [0.1, 0.15) is 0 Å². The summed E-state index contributed by atoms with van der Waals surface area (Å²) in [5, 5.41) is 35.6. The number of esters is 1. The van der Waals surface area contributed by atoms with Gasteiger partial charge in [0.15, 0.2) is 11.9 Å². The van der Waals surface area contributed by atoms with Gasteiger partial charge in [0, 0.05) is 0 Å². The fraction of sp³-hybridized carbons (Fsp3) is 0.500. The number of ether oxygens (including phenoxy) is 1. The van der Waals surface area contributed by atoms with Crippen LogP contribution < -0.4 is 5.73 Å². The molecule has 0 aliphatic carbocycles. The van der Waals surface area contributed by atoms with Gasteiger partial charge in [0.25, 0.3) is 0 Å². The van der Waals surface area contributed by atoms with Crippen molar-refractivity contribution in [3.8, 4) is 0 Å². The Morgan fingerprint density at radius 3 is 2.23 bits per heavy atom. The van der Waals surface area contributed by atoms with E-state index in [1.54, 1.807) is 0 Å². The van der Waals surface area contributed by atoms with Gasteiger partial charge in [0.1, 0.15) is 12.3 Å². The van der Waals surface area contributed by atoms with Crippen molar-refractivity contribution in [3.05, 3.63) is 11.5 Å². The van der Waals surface area contributed by atoms with Crippen molar-refractivity contribution in [2.45, 2.75) is 18.4 Å². The van der Waals surface area contributed by atoms with E-state index in [9.17, 15) is 4.79 Å². The SMILES string of the molecule is NC(O)[C@H](O)[C@H]1OC(=O)C(O)=C1O. The normalized spacial score (nSPS) is 27.3. The molecule has 1 heterocycles. The monoisotopic (exact) mass is 191 g/mol. The predicted molar refractivity (Wildman–Crippen MR) is 38.4 cm³/mol. The first-order valence-electron chi connectivity index (χ1n) is 3.40. The maximum absolute atomic E-state index is 10.6. The second-order valence-corrected chi connectivity index (χ2v) is 2.54. The van der Waals surface area contributed by atoms with Gasteiger partial charge in [-0.15, -0.1) is 0 Å². The van der Waals surface area contributed by atoms with Gasteiger partial charge >= 0.3 is 5.97 Å². The van der Waals surface area contributed by atoms with Gasteiger partial charge in [-0.25, -0.2) is 4.79 Å². The van der Waals surface area contributed by atoms with Crippen molar-refractivity contribution in [2.24, 2.45) is 5.73 Å². The van der Waals surface area contributed by atoms with E-state index in [0.29, 0.717) is 0 Å². The molecule has 1 aliphatic rings. The quantitative estimate of drug-likeness (QED) is 0.249. The lowest BCUT2D eigenvalue weighted by atomic mass is 10.1. The Kier molecular flexibility index (Phi) is 2.41. The number of rotatable bonds is 2. The van der Waals surface area contributed by atoms with Gasteiger partial charge < -0.3 is 30.9 Å². The van der Waals surface area contributed by atoms with Crippen molar-refractivity contribution in [3.63, 3.8) is 0 Å². The highest BCUT2D eigenvalue weighted by Gasteiger charge is 2.41. The molecule has 13 heavy (non-hydrogen) atoms. The number of hydrogen-bond acceptors (Lipinski definition) is 7. The molecule has 74 valence electrons. The smallest absolute Gasteiger partial charge is 0.377 e. The third-order valence-electron chi connectivity index (χ3n) is 1.60. The van der Waals surface area contributed by atoms with Crippen LogP contribution in [0.4, 0.5) is 0 Å². The maximum atomic E-state index is 10.6. The van der Waals surface area contributed by atoms with Crippen LogP contribution in [0.25, 0.3) is 0 Å². The first-order valence-corrected chi connectivity index (χ1v) is 3.40. The Morgan fingerprint density at radius 1 is 1.38 bits per heavy atom. The van der Waals surface area contributed by atoms with Crippen molar-refractivity contribution in [1.82, 2.24) is 0 Å². The average molecular weight is 191 g/mol. The fourth-order valence-electron chi connectivity index (χ4n) is 0.877. The number of cyclic esters (lactones) is 1. The Balaban J connectivity index is 2.82. The molecule has 1 aliphatic heterocycles. The molecule has 0 aromatic rings. The highest BCUT2D eigenvalue weighted by Crippen LogP contribution is 2.21. The van der Waals surface area contributed by atoms with E-state index in [1.165, 1.54) is 0 Å². The van der Waals surface area contributed by atoms with Crippen LogP contribution in [0, 0.1) is 0 Å². The van der Waals surface area contributed by atoms with E-state index in [4.69, 9.17) is 26.2 Å². The van der Waals surface area contributed by atoms with Crippen molar-refractivity contribution >= 4 is 5.97 Å². The summed E-state index contributed by atoms with van der Waals surface area (Å²) < 4.78 is 4.31. The van der Waals surface area contributed by atoms with Crippen LogP contribution in [0.3, 0.4) is 0 Å². The van der Waals surface area contributed by atoms with E-state index < -0.39 is 35.9 Å². The van der Waals surface area contributed by atoms with E-state index in [1.807, 2.05) is 0 Å². The number of hydrogen-bond donors (Lipinski definition) is 5. The lowest BCUT2D eigenvalue weighted by Crippen LogP contribution is -2.43. The second kappa shape index (κ2) is 3.21. The predicted octanol–water partition coefficient (Wildman–Crippen LogP) is -2.12. The molecule has 0 fully saturated rings. The first-order chi connectivity index (χ1) is 5.95. The van der Waals surface area contributed by atoms with Crippen molar-refractivity contribution < 1.29 is 30.0 Å². The van der Waals surface area contributed by atoms with Crippen LogP contribution in [-0.2, 0) is 9.53 Å². The van der Waals surface area contributed by atoms with Crippen LogP contribution in [-0.4, -0.2) is 44.8 Å². The molecular weight excluding hydrogens is 182 g/mol. The van der Waals surface area contributed by atoms with Crippen LogP contribution >= 0.6 is 0 Å². The summed E-state index contributed by atoms with van der Waals surface area (Å²) in [6.45, 7) is 0. The zero-order valence-electron chi connectivity index (χ0n) is 6.41. The minimum atomic E-state index is -1.68. The van der Waals surface area contributed by atoms with Crippen LogP contribution in [0.2, 0.25) is 0 Å². The summed E-state index contributed by atoms with van der Waals surface area (Å²) in [4.78, 5) is 10.6. The van der Waals surface area contributed by atoms with Gasteiger partial charge in [-0.3, -0.25) is 0 Å². The summed E-state index contributed by atoms with van der Waals surface area (Å²) in [5.41, 5.74) is 4.87. The standard InChI is InChI=1S/C6H9NO6/c7-5(11)3(10)4-1(8)2(9)6(12)13-4/h3-5,8-11H,7H2/t3-,4+,5?/m1/s1. The molecule has 0 saturated carbocycles. The molecule has 0 amide bonds. The lowest BCUT2D eigenvalue weighted by molar-refractivity contribution is -0.150. The zero-order chi connectivity index (χ0) is 10.2. The Morgan fingerprint density at radius 2 is 1.92 bits per heavy atom. The number of aliphatic hydroxyl groups excluding tert-OH is 4. The molecule has 0 aromatic heterocycles. The summed E-state index contributed by atoms with van der Waals surface area (Å²) in [6.07, 6.45) is -4.85. The molecule has 3 atom stereocenters. The molecular formula is C6H9NO6. The topological polar surface area (TPSA) is 133 Å². The third kappa shape index (κ3) is 1.57. The number of nitrogens with two attached hydrogens (primary N) is 1.